The van der Waals surface area contributed by atoms with E-state index in [1.807, 2.05) is 0 Å². The van der Waals surface area contributed by atoms with Gasteiger partial charge in [0.1, 0.15) is 11.4 Å². The molecule has 2 rings (SSSR count). The number of halogens is 4. The van der Waals surface area contributed by atoms with Gasteiger partial charge in [0.25, 0.3) is 0 Å². The Labute approximate surface area is 160 Å². The normalized spacial score (nSPS) is 22.2. The molecule has 0 bridgehead atoms. The molecule has 2 N–H and O–H groups in total. The maximum absolute atomic E-state index is 14.2. The predicted octanol–water partition coefficient (Wildman–Crippen LogP) is 3.41. The Bertz CT molecular complexity index is 749. The van der Waals surface area contributed by atoms with Crippen molar-refractivity contribution in [2.24, 2.45) is 17.3 Å². The third-order valence-corrected chi connectivity index (χ3v) is 5.47. The lowest BCUT2D eigenvalue weighted by molar-refractivity contribution is -0.336. The van der Waals surface area contributed by atoms with Crippen molar-refractivity contribution < 1.29 is 42.3 Å². The molecule has 0 amide bonds. The summed E-state index contributed by atoms with van der Waals surface area (Å²) in [4.78, 5) is 16.8. The standard InChI is InChI=1S/C19H23F4O5/c1-18(2)11(12(18)17(25)19(3,4)28-26)10(24)6-8-13(20)15(22)9(7-27-5)16(23)14(8)21/h6,11-12,17,25-26H,7H2,1-5H3. The van der Waals surface area contributed by atoms with Crippen LogP contribution in [0.2, 0.25) is 0 Å². The van der Waals surface area contributed by atoms with E-state index in [0.717, 1.165) is 7.11 Å². The fourth-order valence-electron chi connectivity index (χ4n) is 3.62. The largest absolute Gasteiger partial charge is 0.390 e. The summed E-state index contributed by atoms with van der Waals surface area (Å²) in [6.07, 6.45) is -0.776. The van der Waals surface area contributed by atoms with Gasteiger partial charge in [-0.25, -0.2) is 22.4 Å². The van der Waals surface area contributed by atoms with Crippen molar-refractivity contribution >= 4 is 5.78 Å². The molecule has 5 nitrogen and oxygen atoms in total. The minimum absolute atomic E-state index is 0.499. The first-order valence-corrected chi connectivity index (χ1v) is 8.55. The van der Waals surface area contributed by atoms with E-state index >= 15 is 0 Å². The van der Waals surface area contributed by atoms with Crippen molar-refractivity contribution in [1.82, 2.24) is 0 Å². The Hall–Kier alpha value is -1.55. The molecule has 0 heterocycles. The van der Waals surface area contributed by atoms with Crippen molar-refractivity contribution in [3.8, 4) is 0 Å². The zero-order valence-electron chi connectivity index (χ0n) is 16.1. The first kappa shape index (κ1) is 22.7. The second-order valence-electron chi connectivity index (χ2n) is 8.09. The Morgan fingerprint density at radius 3 is 2.11 bits per heavy atom. The van der Waals surface area contributed by atoms with E-state index in [1.54, 1.807) is 13.8 Å². The van der Waals surface area contributed by atoms with Gasteiger partial charge in [0.15, 0.2) is 23.3 Å². The summed E-state index contributed by atoms with van der Waals surface area (Å²) in [7, 11) is 1.11. The summed E-state index contributed by atoms with van der Waals surface area (Å²) in [5.74, 6) is -9.07. The van der Waals surface area contributed by atoms with Crippen LogP contribution >= 0.6 is 0 Å². The van der Waals surface area contributed by atoms with Crippen molar-refractivity contribution in [1.29, 1.82) is 0 Å². The summed E-state index contributed by atoms with van der Waals surface area (Å²) in [6, 6.07) is 0. The smallest absolute Gasteiger partial charge is 0.167 e. The van der Waals surface area contributed by atoms with Crippen molar-refractivity contribution in [3.05, 3.63) is 40.8 Å². The summed E-state index contributed by atoms with van der Waals surface area (Å²) in [5, 5.41) is 19.3. The molecule has 28 heavy (non-hydrogen) atoms. The fourth-order valence-corrected chi connectivity index (χ4v) is 3.62. The Kier molecular flexibility index (Phi) is 6.25. The van der Waals surface area contributed by atoms with Crippen LogP contribution in [0.25, 0.3) is 0 Å². The quantitative estimate of drug-likeness (QED) is 0.299. The molecule has 0 aromatic heterocycles. The Morgan fingerprint density at radius 2 is 1.68 bits per heavy atom. The molecule has 1 saturated carbocycles. The minimum Gasteiger partial charge on any atom is -0.390 e. The SMILES string of the molecule is COCc1c(F)c(F)c([CH]C(=O)C2C(C(O)C(C)(C)OO)C2(C)C)c(F)c1F. The van der Waals surface area contributed by atoms with Crippen LogP contribution in [-0.4, -0.2) is 35.0 Å². The second kappa shape index (κ2) is 7.70. The highest BCUT2D eigenvalue weighted by molar-refractivity contribution is 5.95. The van der Waals surface area contributed by atoms with E-state index in [-0.39, 0.29) is 0 Å². The van der Waals surface area contributed by atoms with Crippen LogP contribution in [0.3, 0.4) is 0 Å². The number of rotatable bonds is 8. The summed E-state index contributed by atoms with van der Waals surface area (Å²) >= 11 is 0. The Morgan fingerprint density at radius 1 is 1.18 bits per heavy atom. The molecule has 0 spiro atoms. The highest BCUT2D eigenvalue weighted by Gasteiger charge is 2.66. The van der Waals surface area contributed by atoms with E-state index < -0.39 is 75.7 Å². The molecule has 1 radical (unpaired) electrons. The molecule has 1 fully saturated rings. The number of carbonyl (C=O) groups is 1. The molecule has 1 aliphatic rings. The van der Waals surface area contributed by atoms with Gasteiger partial charge >= 0.3 is 0 Å². The number of hydrogen-bond acceptors (Lipinski definition) is 5. The average molecular weight is 407 g/mol. The van der Waals surface area contributed by atoms with Gasteiger partial charge in [0.05, 0.1) is 24.7 Å². The molecule has 1 aromatic rings. The molecule has 0 aliphatic heterocycles. The van der Waals surface area contributed by atoms with E-state index in [1.165, 1.54) is 13.8 Å². The van der Waals surface area contributed by atoms with E-state index in [9.17, 15) is 27.5 Å². The monoisotopic (exact) mass is 407 g/mol. The highest BCUT2D eigenvalue weighted by atomic mass is 19.2. The van der Waals surface area contributed by atoms with Crippen LogP contribution in [0.5, 0.6) is 0 Å². The van der Waals surface area contributed by atoms with Crippen LogP contribution in [-0.2, 0) is 21.0 Å². The lowest BCUT2D eigenvalue weighted by Crippen LogP contribution is -2.41. The van der Waals surface area contributed by atoms with E-state index in [2.05, 4.69) is 9.62 Å². The predicted molar refractivity (Wildman–Crippen MR) is 90.0 cm³/mol. The number of aliphatic hydroxyl groups excluding tert-OH is 1. The Balaban J connectivity index is 2.31. The fraction of sp³-hybridized carbons (Fsp3) is 0.579. The first-order chi connectivity index (χ1) is 12.8. The maximum atomic E-state index is 14.2. The number of aliphatic hydroxyl groups is 1. The molecule has 1 aliphatic carbocycles. The summed E-state index contributed by atoms with van der Waals surface area (Å²) in [5.41, 5.74) is -4.23. The maximum Gasteiger partial charge on any atom is 0.167 e. The van der Waals surface area contributed by atoms with Crippen LogP contribution in [0.1, 0.15) is 38.8 Å². The molecule has 9 heteroatoms. The molecule has 1 aromatic carbocycles. The average Bonchev–Trinajstić information content (AvgIpc) is 3.21. The van der Waals surface area contributed by atoms with Gasteiger partial charge in [0.2, 0.25) is 0 Å². The number of hydrogen-bond donors (Lipinski definition) is 2. The number of Topliss-reactive ketones (excluding diaryl/α,β-unsaturated/α-hetero) is 1. The highest BCUT2D eigenvalue weighted by Crippen LogP contribution is 2.62. The van der Waals surface area contributed by atoms with Gasteiger partial charge < -0.3 is 9.84 Å². The zero-order valence-corrected chi connectivity index (χ0v) is 16.1. The van der Waals surface area contributed by atoms with Crippen molar-refractivity contribution in [3.63, 3.8) is 0 Å². The number of carbonyl (C=O) groups excluding carboxylic acids is 1. The van der Waals surface area contributed by atoms with Gasteiger partial charge in [-0.1, -0.05) is 13.8 Å². The van der Waals surface area contributed by atoms with Gasteiger partial charge in [-0.3, -0.25) is 10.1 Å². The van der Waals surface area contributed by atoms with E-state index in [0.29, 0.717) is 6.42 Å². The topological polar surface area (TPSA) is 76.0 Å². The molecule has 3 unspecified atom stereocenters. The number of benzene rings is 1. The van der Waals surface area contributed by atoms with Crippen molar-refractivity contribution in [2.45, 2.75) is 46.0 Å². The number of ketones is 1. The number of ether oxygens (including phenoxy) is 1. The van der Waals surface area contributed by atoms with Crippen LogP contribution in [0, 0.1) is 46.9 Å². The van der Waals surface area contributed by atoms with Crippen LogP contribution in [0.4, 0.5) is 17.6 Å². The molecular formula is C19H23F4O5. The van der Waals surface area contributed by atoms with Gasteiger partial charge in [0, 0.05) is 24.5 Å². The second-order valence-corrected chi connectivity index (χ2v) is 8.09. The minimum atomic E-state index is -1.70. The molecule has 3 atom stereocenters. The molecule has 0 saturated heterocycles. The third kappa shape index (κ3) is 3.68. The van der Waals surface area contributed by atoms with Crippen molar-refractivity contribution in [2.75, 3.05) is 7.11 Å². The van der Waals surface area contributed by atoms with Gasteiger partial charge in [-0.15, -0.1) is 0 Å². The van der Waals surface area contributed by atoms with E-state index in [4.69, 9.17) is 5.26 Å². The van der Waals surface area contributed by atoms with Crippen LogP contribution < -0.4 is 0 Å². The molecular weight excluding hydrogens is 384 g/mol. The van der Waals surface area contributed by atoms with Gasteiger partial charge in [-0.2, -0.15) is 0 Å². The lowest BCUT2D eigenvalue weighted by atomic mass is 9.93. The van der Waals surface area contributed by atoms with Gasteiger partial charge in [-0.05, 0) is 19.3 Å². The first-order valence-electron chi connectivity index (χ1n) is 8.55. The zero-order chi connectivity index (χ0) is 21.6. The van der Waals surface area contributed by atoms with Crippen LogP contribution in [0.15, 0.2) is 0 Å². The third-order valence-electron chi connectivity index (χ3n) is 5.47. The molecule has 157 valence electrons. The summed E-state index contributed by atoms with van der Waals surface area (Å²) in [6.45, 7) is 5.40. The summed E-state index contributed by atoms with van der Waals surface area (Å²) < 4.78 is 61.1. The lowest BCUT2D eigenvalue weighted by Gasteiger charge is -2.28. The number of methoxy groups -OCH3 is 1.